The fourth-order valence-electron chi connectivity index (χ4n) is 3.55. The van der Waals surface area contributed by atoms with Crippen molar-refractivity contribution in [3.05, 3.63) is 87.4 Å². The van der Waals surface area contributed by atoms with Gasteiger partial charge in [-0.25, -0.2) is 5.43 Å². The molecule has 0 aliphatic carbocycles. The molecule has 0 saturated heterocycles. The minimum absolute atomic E-state index is 0.106. The smallest absolute Gasteiger partial charge is 0.262 e. The molecule has 10 heteroatoms. The Morgan fingerprint density at radius 2 is 1.84 bits per heavy atom. The quantitative estimate of drug-likeness (QED) is 0.286. The van der Waals surface area contributed by atoms with Gasteiger partial charge in [0.2, 0.25) is 6.79 Å². The number of carbonyl (C=O) groups is 2. The number of benzene rings is 3. The molecular weight excluding hydrogens is 517 g/mol. The Labute approximate surface area is 224 Å². The van der Waals surface area contributed by atoms with Crippen molar-refractivity contribution in [3.63, 3.8) is 0 Å². The van der Waals surface area contributed by atoms with E-state index in [1.165, 1.54) is 6.21 Å². The van der Waals surface area contributed by atoms with E-state index < -0.39 is 17.9 Å². The summed E-state index contributed by atoms with van der Waals surface area (Å²) in [5.41, 5.74) is 4.23. The van der Waals surface area contributed by atoms with Gasteiger partial charge in [-0.2, -0.15) is 5.10 Å². The Hall–Kier alpha value is -3.75. The molecule has 1 aliphatic rings. The Morgan fingerprint density at radius 1 is 1.05 bits per heavy atom. The highest BCUT2D eigenvalue weighted by Gasteiger charge is 2.25. The van der Waals surface area contributed by atoms with Gasteiger partial charge in [0, 0.05) is 26.7 Å². The van der Waals surface area contributed by atoms with Crippen LogP contribution >= 0.6 is 23.2 Å². The topological polar surface area (TPSA) is 98.2 Å². The number of ether oxygens (including phenoxy) is 3. The van der Waals surface area contributed by atoms with Gasteiger partial charge in [0.1, 0.15) is 18.4 Å². The van der Waals surface area contributed by atoms with Crippen LogP contribution in [0, 0.1) is 5.92 Å². The summed E-state index contributed by atoms with van der Waals surface area (Å²) in [4.78, 5) is 25.7. The SMILES string of the molecule is CC(C)C(NC(=O)c1ccc2c(c1)OCO2)C(=O)N/N=C/c1cc(Cl)ccc1OCc1ccccc1Cl. The van der Waals surface area contributed by atoms with Crippen LogP contribution < -0.4 is 25.0 Å². The van der Waals surface area contributed by atoms with Gasteiger partial charge >= 0.3 is 0 Å². The van der Waals surface area contributed by atoms with Gasteiger partial charge in [0.15, 0.2) is 11.5 Å². The summed E-state index contributed by atoms with van der Waals surface area (Å²) >= 11 is 12.4. The van der Waals surface area contributed by atoms with E-state index in [0.717, 1.165) is 5.56 Å². The van der Waals surface area contributed by atoms with Gasteiger partial charge in [0.25, 0.3) is 11.8 Å². The molecule has 1 unspecified atom stereocenters. The summed E-state index contributed by atoms with van der Waals surface area (Å²) < 4.78 is 16.5. The standard InChI is InChI=1S/C27H25Cl2N3O5/c1-16(2)25(31-26(33)17-7-9-23-24(12-17)37-15-36-23)27(34)32-30-13-19-11-20(28)8-10-22(19)35-14-18-5-3-4-6-21(18)29/h3-13,16,25H,14-15H2,1-2H3,(H,31,33)(H,32,34)/b30-13+. The van der Waals surface area contributed by atoms with Gasteiger partial charge in [-0.1, -0.05) is 55.2 Å². The highest BCUT2D eigenvalue weighted by Crippen LogP contribution is 2.32. The molecule has 3 aromatic carbocycles. The monoisotopic (exact) mass is 541 g/mol. The van der Waals surface area contributed by atoms with Crippen LogP contribution in [0.4, 0.5) is 0 Å². The summed E-state index contributed by atoms with van der Waals surface area (Å²) in [5.74, 6) is 0.479. The lowest BCUT2D eigenvalue weighted by atomic mass is 10.0. The van der Waals surface area contributed by atoms with Crippen molar-refractivity contribution in [2.24, 2.45) is 11.0 Å². The average molecular weight is 542 g/mol. The van der Waals surface area contributed by atoms with E-state index in [-0.39, 0.29) is 19.3 Å². The van der Waals surface area contributed by atoms with E-state index in [2.05, 4.69) is 15.8 Å². The molecule has 1 heterocycles. The maximum Gasteiger partial charge on any atom is 0.262 e. The molecule has 0 saturated carbocycles. The number of hydrogen-bond donors (Lipinski definition) is 2. The molecule has 0 aromatic heterocycles. The Kier molecular flexibility index (Phi) is 8.53. The second kappa shape index (κ2) is 12.0. The van der Waals surface area contributed by atoms with Crippen molar-refractivity contribution in [1.82, 2.24) is 10.7 Å². The lowest BCUT2D eigenvalue weighted by molar-refractivity contribution is -0.123. The Morgan fingerprint density at radius 3 is 2.62 bits per heavy atom. The third kappa shape index (κ3) is 6.72. The summed E-state index contributed by atoms with van der Waals surface area (Å²) in [7, 11) is 0. The van der Waals surface area contributed by atoms with E-state index in [1.54, 1.807) is 42.5 Å². The number of hydrogen-bond acceptors (Lipinski definition) is 6. The molecule has 0 bridgehead atoms. The lowest BCUT2D eigenvalue weighted by Gasteiger charge is -2.20. The van der Waals surface area contributed by atoms with Gasteiger partial charge in [-0.15, -0.1) is 0 Å². The molecule has 0 spiro atoms. The van der Waals surface area contributed by atoms with E-state index in [4.69, 9.17) is 37.4 Å². The van der Waals surface area contributed by atoms with Crippen LogP contribution in [0.3, 0.4) is 0 Å². The van der Waals surface area contributed by atoms with Gasteiger partial charge in [-0.05, 0) is 48.4 Å². The molecule has 1 aliphatic heterocycles. The molecular formula is C27H25Cl2N3O5. The number of nitrogens with zero attached hydrogens (tertiary/aromatic N) is 1. The van der Waals surface area contributed by atoms with E-state index in [0.29, 0.717) is 38.4 Å². The highest BCUT2D eigenvalue weighted by molar-refractivity contribution is 6.31. The van der Waals surface area contributed by atoms with Crippen LogP contribution in [0.5, 0.6) is 17.2 Å². The first-order chi connectivity index (χ1) is 17.8. The van der Waals surface area contributed by atoms with Gasteiger partial charge < -0.3 is 19.5 Å². The summed E-state index contributed by atoms with van der Waals surface area (Å²) in [6.07, 6.45) is 1.43. The molecule has 0 fully saturated rings. The zero-order valence-corrected chi connectivity index (χ0v) is 21.7. The predicted octanol–water partition coefficient (Wildman–Crippen LogP) is 5.21. The molecule has 3 aromatic rings. The van der Waals surface area contributed by atoms with Crippen molar-refractivity contribution < 1.29 is 23.8 Å². The maximum absolute atomic E-state index is 12.9. The molecule has 192 valence electrons. The molecule has 37 heavy (non-hydrogen) atoms. The minimum Gasteiger partial charge on any atom is -0.488 e. The lowest BCUT2D eigenvalue weighted by Crippen LogP contribution is -2.48. The molecule has 1 atom stereocenters. The maximum atomic E-state index is 12.9. The Bertz CT molecular complexity index is 1330. The summed E-state index contributed by atoms with van der Waals surface area (Å²) in [5, 5.41) is 7.91. The summed E-state index contributed by atoms with van der Waals surface area (Å²) in [6.45, 7) is 4.00. The second-order valence-corrected chi connectivity index (χ2v) is 9.40. The van der Waals surface area contributed by atoms with E-state index in [9.17, 15) is 9.59 Å². The van der Waals surface area contributed by atoms with E-state index in [1.807, 2.05) is 32.0 Å². The number of nitrogens with one attached hydrogen (secondary N) is 2. The number of fused-ring (bicyclic) bond motifs is 1. The fourth-order valence-corrected chi connectivity index (χ4v) is 3.93. The number of carbonyl (C=O) groups excluding carboxylic acids is 2. The highest BCUT2D eigenvalue weighted by atomic mass is 35.5. The molecule has 0 radical (unpaired) electrons. The van der Waals surface area contributed by atoms with Crippen LogP contribution in [-0.4, -0.2) is 30.9 Å². The molecule has 4 rings (SSSR count). The second-order valence-electron chi connectivity index (χ2n) is 8.56. The van der Waals surface area contributed by atoms with Crippen LogP contribution in [-0.2, 0) is 11.4 Å². The minimum atomic E-state index is -0.828. The van der Waals surface area contributed by atoms with Crippen LogP contribution in [0.1, 0.15) is 35.3 Å². The predicted molar refractivity (Wildman–Crippen MR) is 142 cm³/mol. The normalized spacial score (nSPS) is 13.0. The van der Waals surface area contributed by atoms with Crippen molar-refractivity contribution in [2.45, 2.75) is 26.5 Å². The van der Waals surface area contributed by atoms with Crippen LogP contribution in [0.2, 0.25) is 10.0 Å². The molecule has 8 nitrogen and oxygen atoms in total. The fraction of sp³-hybridized carbons (Fsp3) is 0.222. The van der Waals surface area contributed by atoms with E-state index >= 15 is 0 Å². The molecule has 2 amide bonds. The third-order valence-electron chi connectivity index (χ3n) is 5.56. The van der Waals surface area contributed by atoms with Gasteiger partial charge in [0.05, 0.1) is 6.21 Å². The van der Waals surface area contributed by atoms with Gasteiger partial charge in [-0.3, -0.25) is 9.59 Å². The summed E-state index contributed by atoms with van der Waals surface area (Å²) in [6, 6.07) is 16.5. The first-order valence-electron chi connectivity index (χ1n) is 11.5. The molecule has 2 N–H and O–H groups in total. The van der Waals surface area contributed by atoms with Crippen LogP contribution in [0.25, 0.3) is 0 Å². The van der Waals surface area contributed by atoms with Crippen LogP contribution in [0.15, 0.2) is 65.8 Å². The number of halogens is 2. The van der Waals surface area contributed by atoms with Crippen molar-refractivity contribution in [1.29, 1.82) is 0 Å². The first-order valence-corrected chi connectivity index (χ1v) is 12.3. The van der Waals surface area contributed by atoms with Crippen molar-refractivity contribution in [2.75, 3.05) is 6.79 Å². The number of rotatable bonds is 9. The largest absolute Gasteiger partial charge is 0.488 e. The number of amides is 2. The zero-order valence-electron chi connectivity index (χ0n) is 20.2. The van der Waals surface area contributed by atoms with Crippen molar-refractivity contribution in [3.8, 4) is 17.2 Å². The average Bonchev–Trinajstić information content (AvgIpc) is 3.35. The van der Waals surface area contributed by atoms with Crippen molar-refractivity contribution >= 4 is 41.2 Å². The first kappa shape index (κ1) is 26.3. The Balaban J connectivity index is 1.41. The zero-order chi connectivity index (χ0) is 26.4. The number of hydrazone groups is 1. The third-order valence-corrected chi connectivity index (χ3v) is 6.17.